The van der Waals surface area contributed by atoms with Crippen molar-refractivity contribution in [3.8, 4) is 0 Å². The van der Waals surface area contributed by atoms with Gasteiger partial charge in [0.05, 0.1) is 12.1 Å². The number of hydrogen-bond acceptors (Lipinski definition) is 8. The van der Waals surface area contributed by atoms with Gasteiger partial charge in [-0.3, -0.25) is 14.4 Å². The van der Waals surface area contributed by atoms with E-state index in [-0.39, 0.29) is 18.1 Å². The predicted molar refractivity (Wildman–Crippen MR) is 115 cm³/mol. The van der Waals surface area contributed by atoms with Gasteiger partial charge in [0, 0.05) is 5.75 Å². The number of thiol groups is 1. The number of carbonyl (C=O) groups excluding carboxylic acids is 3. The Bertz CT molecular complexity index is 589. The van der Waals surface area contributed by atoms with E-state index in [9.17, 15) is 24.3 Å². The lowest BCUT2D eigenvalue weighted by Crippen LogP contribution is -2.60. The fraction of sp³-hybridized carbons (Fsp3) is 0.778. The molecular formula is C18H35N5O6S. The summed E-state index contributed by atoms with van der Waals surface area (Å²) in [5.74, 6) is -3.70. The van der Waals surface area contributed by atoms with Crippen LogP contribution in [0.2, 0.25) is 0 Å². The zero-order chi connectivity index (χ0) is 23.4. The number of nitrogens with two attached hydrogens (primary N) is 2. The first-order valence-corrected chi connectivity index (χ1v) is 10.5. The van der Waals surface area contributed by atoms with Crippen LogP contribution < -0.4 is 27.4 Å². The Balaban J connectivity index is 5.34. The van der Waals surface area contributed by atoms with Gasteiger partial charge in [0.15, 0.2) is 0 Å². The molecule has 5 unspecified atom stereocenters. The first kappa shape index (κ1) is 28.1. The molecule has 3 amide bonds. The fourth-order valence-electron chi connectivity index (χ4n) is 2.44. The van der Waals surface area contributed by atoms with Crippen molar-refractivity contribution in [1.82, 2.24) is 16.0 Å². The first-order valence-electron chi connectivity index (χ1n) is 9.84. The van der Waals surface area contributed by atoms with Crippen LogP contribution in [0.1, 0.15) is 40.0 Å². The molecule has 0 aliphatic carbocycles. The highest BCUT2D eigenvalue weighted by molar-refractivity contribution is 7.80. The molecule has 9 N–H and O–H groups in total. The zero-order valence-corrected chi connectivity index (χ0v) is 18.5. The number of aliphatic hydroxyl groups is 1. The van der Waals surface area contributed by atoms with Crippen LogP contribution in [0.25, 0.3) is 0 Å². The lowest BCUT2D eigenvalue weighted by molar-refractivity contribution is -0.141. The van der Waals surface area contributed by atoms with Crippen LogP contribution in [-0.2, 0) is 19.2 Å². The van der Waals surface area contributed by atoms with E-state index >= 15 is 0 Å². The second-order valence-corrected chi connectivity index (χ2v) is 7.79. The van der Waals surface area contributed by atoms with Gasteiger partial charge in [0.1, 0.15) is 18.1 Å². The van der Waals surface area contributed by atoms with E-state index < -0.39 is 54.0 Å². The number of unbranched alkanes of at least 4 members (excludes halogenated alkanes) is 1. The molecule has 0 bridgehead atoms. The van der Waals surface area contributed by atoms with Crippen molar-refractivity contribution in [1.29, 1.82) is 0 Å². The Kier molecular flexibility index (Phi) is 13.3. The number of aliphatic carboxylic acids is 1. The Morgan fingerprint density at radius 1 is 0.933 bits per heavy atom. The second-order valence-electron chi connectivity index (χ2n) is 7.42. The van der Waals surface area contributed by atoms with Gasteiger partial charge in [-0.15, -0.1) is 0 Å². The predicted octanol–water partition coefficient (Wildman–Crippen LogP) is -2.05. The minimum Gasteiger partial charge on any atom is -0.480 e. The number of nitrogens with one attached hydrogen (secondary N) is 3. The standard InChI is InChI=1S/C18H35N5O6S/c1-9(2)13(20)16(26)23-14(10(3)24)17(27)21-11(6-4-5-7-19)15(25)22-12(8-30)18(28)29/h9-14,24,30H,4-8,19-20H2,1-3H3,(H,21,27)(H,22,25)(H,23,26)(H,28,29). The summed E-state index contributed by atoms with van der Waals surface area (Å²) in [5.41, 5.74) is 11.2. The van der Waals surface area contributed by atoms with Crippen LogP contribution in [0.5, 0.6) is 0 Å². The summed E-state index contributed by atoms with van der Waals surface area (Å²) in [6.07, 6.45) is 0.0242. The molecule has 0 rings (SSSR count). The largest absolute Gasteiger partial charge is 0.480 e. The van der Waals surface area contributed by atoms with Crippen molar-refractivity contribution in [3.63, 3.8) is 0 Å². The van der Waals surface area contributed by atoms with Gasteiger partial charge >= 0.3 is 5.97 Å². The van der Waals surface area contributed by atoms with Gasteiger partial charge in [-0.05, 0) is 38.6 Å². The summed E-state index contributed by atoms with van der Waals surface area (Å²) in [5, 5.41) is 26.2. The minimum absolute atomic E-state index is 0.135. The lowest BCUT2D eigenvalue weighted by atomic mass is 10.0. The minimum atomic E-state index is -1.34. The number of hydrogen-bond donors (Lipinski definition) is 8. The first-order chi connectivity index (χ1) is 14.0. The third-order valence-electron chi connectivity index (χ3n) is 4.46. The second kappa shape index (κ2) is 14.2. The van der Waals surface area contributed by atoms with Crippen LogP contribution in [0.4, 0.5) is 0 Å². The number of carboxylic acid groups (broad SMARTS) is 1. The summed E-state index contributed by atoms with van der Waals surface area (Å²) in [7, 11) is 0. The molecule has 0 aromatic heterocycles. The van der Waals surface area contributed by atoms with Gasteiger partial charge in [-0.1, -0.05) is 13.8 Å². The van der Waals surface area contributed by atoms with E-state index in [0.29, 0.717) is 19.4 Å². The molecule has 0 heterocycles. The lowest BCUT2D eigenvalue weighted by Gasteiger charge is -2.27. The molecule has 0 aromatic rings. The molecular weight excluding hydrogens is 414 g/mol. The van der Waals surface area contributed by atoms with Crippen molar-refractivity contribution in [2.24, 2.45) is 17.4 Å². The van der Waals surface area contributed by atoms with E-state index in [1.54, 1.807) is 13.8 Å². The van der Waals surface area contributed by atoms with Crippen molar-refractivity contribution >= 4 is 36.3 Å². The highest BCUT2D eigenvalue weighted by Crippen LogP contribution is 2.05. The summed E-state index contributed by atoms with van der Waals surface area (Å²) < 4.78 is 0. The van der Waals surface area contributed by atoms with E-state index in [0.717, 1.165) is 0 Å². The number of aliphatic hydroxyl groups excluding tert-OH is 1. The molecule has 0 spiro atoms. The molecule has 0 radical (unpaired) electrons. The number of carboxylic acids is 1. The number of rotatable bonds is 14. The van der Waals surface area contributed by atoms with E-state index in [1.807, 2.05) is 0 Å². The van der Waals surface area contributed by atoms with Crippen LogP contribution in [0.15, 0.2) is 0 Å². The van der Waals surface area contributed by atoms with Gasteiger partial charge < -0.3 is 37.6 Å². The molecule has 0 saturated heterocycles. The van der Waals surface area contributed by atoms with E-state index in [2.05, 4.69) is 28.6 Å². The maximum absolute atomic E-state index is 12.7. The third kappa shape index (κ3) is 9.74. The average Bonchev–Trinajstić information content (AvgIpc) is 2.67. The highest BCUT2D eigenvalue weighted by Gasteiger charge is 2.32. The Labute approximate surface area is 182 Å². The van der Waals surface area contributed by atoms with Gasteiger partial charge in [0.2, 0.25) is 17.7 Å². The maximum Gasteiger partial charge on any atom is 0.327 e. The Hall–Kier alpha value is -1.89. The fourth-order valence-corrected chi connectivity index (χ4v) is 2.69. The molecule has 174 valence electrons. The van der Waals surface area contributed by atoms with Crippen LogP contribution in [-0.4, -0.2) is 76.5 Å². The SMILES string of the molecule is CC(C)C(N)C(=O)NC(C(=O)NC(CCCCN)C(=O)NC(CS)C(=O)O)C(C)O. The van der Waals surface area contributed by atoms with Gasteiger partial charge in [0.25, 0.3) is 0 Å². The summed E-state index contributed by atoms with van der Waals surface area (Å²) in [6.45, 7) is 5.17. The van der Waals surface area contributed by atoms with Crippen molar-refractivity contribution in [2.75, 3.05) is 12.3 Å². The molecule has 5 atom stereocenters. The molecule has 11 nitrogen and oxygen atoms in total. The van der Waals surface area contributed by atoms with Crippen molar-refractivity contribution < 1.29 is 29.4 Å². The van der Waals surface area contributed by atoms with Crippen molar-refractivity contribution in [2.45, 2.75) is 70.3 Å². The topological polar surface area (TPSA) is 197 Å². The summed E-state index contributed by atoms with van der Waals surface area (Å²) in [4.78, 5) is 48.6. The third-order valence-corrected chi connectivity index (χ3v) is 4.83. The van der Waals surface area contributed by atoms with E-state index in [1.165, 1.54) is 6.92 Å². The molecule has 0 aliphatic rings. The molecule has 0 aromatic carbocycles. The Morgan fingerprint density at radius 3 is 1.93 bits per heavy atom. The Morgan fingerprint density at radius 2 is 1.50 bits per heavy atom. The van der Waals surface area contributed by atoms with Crippen molar-refractivity contribution in [3.05, 3.63) is 0 Å². The zero-order valence-electron chi connectivity index (χ0n) is 17.6. The summed E-state index contributed by atoms with van der Waals surface area (Å²) >= 11 is 3.89. The number of amides is 3. The highest BCUT2D eigenvalue weighted by atomic mass is 32.1. The van der Waals surface area contributed by atoms with Crippen LogP contribution >= 0.6 is 12.6 Å². The molecule has 12 heteroatoms. The smallest absolute Gasteiger partial charge is 0.327 e. The normalized spacial score (nSPS) is 16.1. The summed E-state index contributed by atoms with van der Waals surface area (Å²) in [6, 6.07) is -4.53. The molecule has 0 saturated carbocycles. The molecule has 30 heavy (non-hydrogen) atoms. The average molecular weight is 450 g/mol. The molecule has 0 fully saturated rings. The van der Waals surface area contributed by atoms with Gasteiger partial charge in [-0.2, -0.15) is 12.6 Å². The van der Waals surface area contributed by atoms with Crippen LogP contribution in [0, 0.1) is 5.92 Å². The van der Waals surface area contributed by atoms with E-state index in [4.69, 9.17) is 16.6 Å². The maximum atomic E-state index is 12.7. The quantitative estimate of drug-likeness (QED) is 0.109. The molecule has 0 aliphatic heterocycles. The number of carbonyl (C=O) groups is 4. The van der Waals surface area contributed by atoms with Crippen LogP contribution in [0.3, 0.4) is 0 Å². The van der Waals surface area contributed by atoms with Gasteiger partial charge in [-0.25, -0.2) is 4.79 Å². The monoisotopic (exact) mass is 449 g/mol.